The number of carbonyl (C=O) groups is 1. The second-order valence-electron chi connectivity index (χ2n) is 4.52. The molecule has 1 aliphatic rings. The predicted octanol–water partition coefficient (Wildman–Crippen LogP) is 2.61. The van der Waals surface area contributed by atoms with E-state index in [2.05, 4.69) is 18.8 Å². The van der Waals surface area contributed by atoms with Crippen molar-refractivity contribution >= 4 is 17.5 Å². The third kappa shape index (κ3) is 2.19. The molecule has 2 heterocycles. The molecule has 1 fully saturated rings. The molecule has 0 bridgehead atoms. The van der Waals surface area contributed by atoms with Crippen LogP contribution in [0.15, 0.2) is 18.3 Å². The number of likely N-dealkylation sites (tertiary alicyclic amines) is 1. The van der Waals surface area contributed by atoms with Gasteiger partial charge in [0.25, 0.3) is 5.91 Å². The maximum Gasteiger partial charge on any atom is 0.255 e. The highest BCUT2D eigenvalue weighted by atomic mass is 35.5. The van der Waals surface area contributed by atoms with Gasteiger partial charge in [0.2, 0.25) is 0 Å². The zero-order valence-electron chi connectivity index (χ0n) is 9.48. The Morgan fingerprint density at radius 1 is 1.50 bits per heavy atom. The van der Waals surface area contributed by atoms with Gasteiger partial charge in [0.15, 0.2) is 0 Å². The first-order valence-corrected chi connectivity index (χ1v) is 5.88. The summed E-state index contributed by atoms with van der Waals surface area (Å²) in [5, 5.41) is 0.416. The average Bonchev–Trinajstić information content (AvgIpc) is 2.58. The van der Waals surface area contributed by atoms with E-state index in [1.807, 2.05) is 4.90 Å². The van der Waals surface area contributed by atoms with Gasteiger partial charge < -0.3 is 4.90 Å². The topological polar surface area (TPSA) is 33.2 Å². The van der Waals surface area contributed by atoms with Gasteiger partial charge in [0.1, 0.15) is 5.15 Å². The van der Waals surface area contributed by atoms with Gasteiger partial charge >= 0.3 is 0 Å². The molecule has 1 aromatic rings. The Balaban J connectivity index is 2.16. The minimum atomic E-state index is 0.0565. The van der Waals surface area contributed by atoms with Crippen LogP contribution in [0.3, 0.4) is 0 Å². The van der Waals surface area contributed by atoms with Crippen LogP contribution in [0, 0.1) is 5.92 Å². The van der Waals surface area contributed by atoms with Crippen molar-refractivity contribution in [2.75, 3.05) is 6.54 Å². The van der Waals surface area contributed by atoms with Crippen molar-refractivity contribution in [1.29, 1.82) is 0 Å². The summed E-state index contributed by atoms with van der Waals surface area (Å²) in [7, 11) is 0. The molecule has 0 aliphatic carbocycles. The Morgan fingerprint density at radius 3 is 2.75 bits per heavy atom. The largest absolute Gasteiger partial charge is 0.336 e. The third-order valence-electron chi connectivity index (χ3n) is 3.02. The van der Waals surface area contributed by atoms with Crippen LogP contribution in [-0.2, 0) is 0 Å². The van der Waals surface area contributed by atoms with Gasteiger partial charge in [-0.3, -0.25) is 4.79 Å². The number of hydrogen-bond acceptors (Lipinski definition) is 2. The van der Waals surface area contributed by atoms with E-state index in [-0.39, 0.29) is 5.91 Å². The smallest absolute Gasteiger partial charge is 0.255 e. The molecule has 86 valence electrons. The fraction of sp³-hybridized carbons (Fsp3) is 0.500. The highest BCUT2D eigenvalue weighted by molar-refractivity contribution is 6.29. The lowest BCUT2D eigenvalue weighted by Gasteiger charge is -2.21. The molecule has 0 saturated carbocycles. The Bertz CT molecular complexity index is 391. The highest BCUT2D eigenvalue weighted by Crippen LogP contribution is 2.24. The van der Waals surface area contributed by atoms with Gasteiger partial charge in [-0.05, 0) is 31.4 Å². The first-order valence-electron chi connectivity index (χ1n) is 5.50. The van der Waals surface area contributed by atoms with Crippen LogP contribution in [0.2, 0.25) is 5.15 Å². The van der Waals surface area contributed by atoms with E-state index in [4.69, 9.17) is 11.6 Å². The van der Waals surface area contributed by atoms with Crippen LogP contribution in [0.25, 0.3) is 0 Å². The third-order valence-corrected chi connectivity index (χ3v) is 3.24. The van der Waals surface area contributed by atoms with Crippen molar-refractivity contribution in [3.63, 3.8) is 0 Å². The van der Waals surface area contributed by atoms with Gasteiger partial charge in [-0.25, -0.2) is 4.98 Å². The standard InChI is InChI=1S/C12H15ClN2O/c1-8-5-9(2)15(7-8)12(16)10-3-4-11(13)14-6-10/h3-4,6,8-9H,5,7H2,1-2H3. The van der Waals surface area contributed by atoms with Crippen molar-refractivity contribution in [2.24, 2.45) is 5.92 Å². The van der Waals surface area contributed by atoms with Crippen LogP contribution >= 0.6 is 11.6 Å². The van der Waals surface area contributed by atoms with E-state index in [9.17, 15) is 4.79 Å². The molecule has 1 aromatic heterocycles. The van der Waals surface area contributed by atoms with E-state index >= 15 is 0 Å². The van der Waals surface area contributed by atoms with Gasteiger partial charge in [-0.15, -0.1) is 0 Å². The van der Waals surface area contributed by atoms with E-state index in [0.717, 1.165) is 13.0 Å². The van der Waals surface area contributed by atoms with Crippen LogP contribution in [0.4, 0.5) is 0 Å². The monoisotopic (exact) mass is 238 g/mol. The molecule has 0 spiro atoms. The van der Waals surface area contributed by atoms with Gasteiger partial charge in [-0.1, -0.05) is 18.5 Å². The molecule has 1 saturated heterocycles. The Kier molecular flexibility index (Phi) is 3.15. The SMILES string of the molecule is CC1CC(C)N(C(=O)c2ccc(Cl)nc2)C1. The molecule has 3 nitrogen and oxygen atoms in total. The summed E-state index contributed by atoms with van der Waals surface area (Å²) < 4.78 is 0. The molecule has 0 radical (unpaired) electrons. The quantitative estimate of drug-likeness (QED) is 0.705. The maximum absolute atomic E-state index is 12.2. The lowest BCUT2D eigenvalue weighted by molar-refractivity contribution is 0.0743. The van der Waals surface area contributed by atoms with Crippen LogP contribution in [0.1, 0.15) is 30.6 Å². The predicted molar refractivity (Wildman–Crippen MR) is 63.5 cm³/mol. The molecule has 0 N–H and O–H groups in total. The Labute approximate surface area is 100 Å². The van der Waals surface area contributed by atoms with E-state index in [1.165, 1.54) is 0 Å². The zero-order valence-corrected chi connectivity index (χ0v) is 10.2. The van der Waals surface area contributed by atoms with E-state index in [1.54, 1.807) is 18.3 Å². The van der Waals surface area contributed by atoms with Crippen molar-refractivity contribution in [3.8, 4) is 0 Å². The number of nitrogens with zero attached hydrogens (tertiary/aromatic N) is 2. The molecule has 16 heavy (non-hydrogen) atoms. The summed E-state index contributed by atoms with van der Waals surface area (Å²) >= 11 is 5.69. The number of aromatic nitrogens is 1. The number of amides is 1. The summed E-state index contributed by atoms with van der Waals surface area (Å²) in [5.74, 6) is 0.639. The van der Waals surface area contributed by atoms with E-state index in [0.29, 0.717) is 22.7 Å². The van der Waals surface area contributed by atoms with Gasteiger partial charge in [0, 0.05) is 18.8 Å². The molecular formula is C12H15ClN2O. The zero-order chi connectivity index (χ0) is 11.7. The van der Waals surface area contributed by atoms with Crippen molar-refractivity contribution in [2.45, 2.75) is 26.3 Å². The first-order chi connectivity index (χ1) is 7.58. The fourth-order valence-corrected chi connectivity index (χ4v) is 2.36. The van der Waals surface area contributed by atoms with Gasteiger partial charge in [0.05, 0.1) is 5.56 Å². The number of carbonyl (C=O) groups excluding carboxylic acids is 1. The maximum atomic E-state index is 12.2. The molecule has 2 unspecified atom stereocenters. The summed E-state index contributed by atoms with van der Waals surface area (Å²) in [6.07, 6.45) is 2.62. The number of pyridine rings is 1. The van der Waals surface area contributed by atoms with Crippen LogP contribution < -0.4 is 0 Å². The molecule has 1 amide bonds. The van der Waals surface area contributed by atoms with Crippen molar-refractivity contribution < 1.29 is 4.79 Å². The molecule has 0 aromatic carbocycles. The van der Waals surface area contributed by atoms with Crippen molar-refractivity contribution in [3.05, 3.63) is 29.0 Å². The molecular weight excluding hydrogens is 224 g/mol. The highest BCUT2D eigenvalue weighted by Gasteiger charge is 2.30. The second-order valence-corrected chi connectivity index (χ2v) is 4.90. The van der Waals surface area contributed by atoms with Gasteiger partial charge in [-0.2, -0.15) is 0 Å². The lowest BCUT2D eigenvalue weighted by Crippen LogP contribution is -2.33. The minimum Gasteiger partial charge on any atom is -0.336 e. The van der Waals surface area contributed by atoms with Crippen LogP contribution in [-0.4, -0.2) is 28.4 Å². The summed E-state index contributed by atoms with van der Waals surface area (Å²) in [5.41, 5.74) is 0.616. The average molecular weight is 239 g/mol. The lowest BCUT2D eigenvalue weighted by atomic mass is 10.1. The summed E-state index contributed by atoms with van der Waals surface area (Å²) in [4.78, 5) is 18.0. The number of hydrogen-bond donors (Lipinski definition) is 0. The second kappa shape index (κ2) is 4.42. The van der Waals surface area contributed by atoms with Crippen LogP contribution in [0.5, 0.6) is 0 Å². The summed E-state index contributed by atoms with van der Waals surface area (Å²) in [6.45, 7) is 5.09. The molecule has 1 aliphatic heterocycles. The van der Waals surface area contributed by atoms with E-state index < -0.39 is 0 Å². The number of halogens is 1. The normalized spacial score (nSPS) is 24.8. The molecule has 2 atom stereocenters. The first kappa shape index (κ1) is 11.4. The number of rotatable bonds is 1. The summed E-state index contributed by atoms with van der Waals surface area (Å²) in [6, 6.07) is 3.70. The fourth-order valence-electron chi connectivity index (χ4n) is 2.25. The Morgan fingerprint density at radius 2 is 2.25 bits per heavy atom. The molecule has 2 rings (SSSR count). The van der Waals surface area contributed by atoms with Crippen molar-refractivity contribution in [1.82, 2.24) is 9.88 Å². The molecule has 4 heteroatoms. The Hall–Kier alpha value is -1.09. The minimum absolute atomic E-state index is 0.0565.